The molecule has 1 aliphatic rings. The lowest BCUT2D eigenvalue weighted by atomic mass is 10.1. The number of nitrogens with one attached hydrogen (secondary N) is 1. The van der Waals surface area contributed by atoms with Crippen molar-refractivity contribution in [3.8, 4) is 11.8 Å². The van der Waals surface area contributed by atoms with Crippen LogP contribution in [0.1, 0.15) is 31.2 Å². The highest BCUT2D eigenvalue weighted by atomic mass is 32.2. The maximum atomic E-state index is 3.41. The second kappa shape index (κ2) is 11.1. The van der Waals surface area contributed by atoms with Crippen molar-refractivity contribution < 1.29 is 0 Å². The first kappa shape index (κ1) is 16.8. The molecule has 0 unspecified atom stereocenters. The topological polar surface area (TPSA) is 12.0 Å². The predicted octanol–water partition coefficient (Wildman–Crippen LogP) is 4.19. The fourth-order valence-electron chi connectivity index (χ4n) is 2.26. The molecule has 1 nitrogen and oxygen atoms in total. The summed E-state index contributed by atoms with van der Waals surface area (Å²) < 4.78 is 0.798. The number of aryl methyl sites for hydroxylation is 1. The van der Waals surface area contributed by atoms with Crippen LogP contribution in [0.3, 0.4) is 0 Å². The van der Waals surface area contributed by atoms with E-state index in [1.165, 1.54) is 36.3 Å². The van der Waals surface area contributed by atoms with E-state index in [0.29, 0.717) is 0 Å². The van der Waals surface area contributed by atoms with Crippen molar-refractivity contribution >= 4 is 23.5 Å². The maximum absolute atomic E-state index is 3.41. The van der Waals surface area contributed by atoms with E-state index in [4.69, 9.17) is 0 Å². The summed E-state index contributed by atoms with van der Waals surface area (Å²) >= 11 is 4.23. The van der Waals surface area contributed by atoms with Crippen LogP contribution in [0.25, 0.3) is 0 Å². The Morgan fingerprint density at radius 3 is 2.71 bits per heavy atom. The van der Waals surface area contributed by atoms with Gasteiger partial charge in [-0.3, -0.25) is 0 Å². The van der Waals surface area contributed by atoms with Crippen molar-refractivity contribution in [3.63, 3.8) is 0 Å². The van der Waals surface area contributed by atoms with Crippen LogP contribution in [0.4, 0.5) is 0 Å². The first-order chi connectivity index (χ1) is 10.4. The molecule has 1 aromatic carbocycles. The fraction of sp³-hybridized carbons (Fsp3) is 0.556. The van der Waals surface area contributed by atoms with Gasteiger partial charge in [0.2, 0.25) is 0 Å². The van der Waals surface area contributed by atoms with Crippen LogP contribution in [0.15, 0.2) is 30.3 Å². The summed E-state index contributed by atoms with van der Waals surface area (Å²) in [7, 11) is 0. The molecule has 1 saturated heterocycles. The third-order valence-corrected chi connectivity index (χ3v) is 6.48. The molecule has 0 saturated carbocycles. The van der Waals surface area contributed by atoms with Crippen molar-refractivity contribution in [2.24, 2.45) is 0 Å². The van der Waals surface area contributed by atoms with Gasteiger partial charge < -0.3 is 5.32 Å². The fourth-order valence-corrected chi connectivity index (χ4v) is 5.12. The quantitative estimate of drug-likeness (QED) is 0.598. The van der Waals surface area contributed by atoms with Crippen LogP contribution in [0.2, 0.25) is 0 Å². The summed E-state index contributed by atoms with van der Waals surface area (Å²) in [6, 6.07) is 10.7. The van der Waals surface area contributed by atoms with E-state index in [9.17, 15) is 0 Å². The summed E-state index contributed by atoms with van der Waals surface area (Å²) in [6.45, 7) is 1.89. The van der Waals surface area contributed by atoms with Gasteiger partial charge in [0, 0.05) is 6.42 Å². The van der Waals surface area contributed by atoms with Crippen molar-refractivity contribution in [3.05, 3.63) is 35.9 Å². The average molecular weight is 320 g/mol. The van der Waals surface area contributed by atoms with Gasteiger partial charge in [-0.2, -0.15) is 0 Å². The molecule has 1 fully saturated rings. The summed E-state index contributed by atoms with van der Waals surface area (Å²) in [5, 5.41) is 3.41. The molecule has 0 aromatic heterocycles. The monoisotopic (exact) mass is 319 g/mol. The molecule has 1 heterocycles. The Hall–Kier alpha value is -0.560. The van der Waals surface area contributed by atoms with Crippen LogP contribution >= 0.6 is 23.5 Å². The summed E-state index contributed by atoms with van der Waals surface area (Å²) in [6.07, 6.45) is 6.01. The van der Waals surface area contributed by atoms with E-state index in [-0.39, 0.29) is 0 Å². The highest BCUT2D eigenvalue weighted by Crippen LogP contribution is 2.33. The normalized spacial score (nSPS) is 15.4. The van der Waals surface area contributed by atoms with E-state index in [1.54, 1.807) is 0 Å². The lowest BCUT2D eigenvalue weighted by Gasteiger charge is -2.19. The maximum Gasteiger partial charge on any atom is 0.0576 e. The zero-order valence-corrected chi connectivity index (χ0v) is 14.3. The zero-order valence-electron chi connectivity index (χ0n) is 12.6. The smallest absolute Gasteiger partial charge is 0.0576 e. The van der Waals surface area contributed by atoms with E-state index in [0.717, 1.165) is 30.5 Å². The Balaban J connectivity index is 1.43. The average Bonchev–Trinajstić information content (AvgIpc) is 2.55. The number of hydrogen-bond donors (Lipinski definition) is 1. The highest BCUT2D eigenvalue weighted by molar-refractivity contribution is 8.17. The molecule has 0 amide bonds. The Morgan fingerprint density at radius 1 is 1.10 bits per heavy atom. The van der Waals surface area contributed by atoms with Crippen LogP contribution < -0.4 is 5.32 Å². The minimum absolute atomic E-state index is 0.798. The summed E-state index contributed by atoms with van der Waals surface area (Å²) in [5.41, 5.74) is 1.42. The molecule has 0 spiro atoms. The largest absolute Gasteiger partial charge is 0.306 e. The van der Waals surface area contributed by atoms with Gasteiger partial charge >= 0.3 is 0 Å². The molecule has 1 aliphatic heterocycles. The SMILES string of the molecule is C(#CCNCCCc1ccccc1)CCC1SCCCS1. The Bertz CT molecular complexity index is 430. The van der Waals surface area contributed by atoms with Crippen LogP contribution in [-0.4, -0.2) is 29.2 Å². The molecule has 0 atom stereocenters. The van der Waals surface area contributed by atoms with Gasteiger partial charge in [-0.15, -0.1) is 29.4 Å². The van der Waals surface area contributed by atoms with Gasteiger partial charge in [0.1, 0.15) is 0 Å². The standard InChI is InChI=1S/C18H25NS2/c1-3-9-17(10-4-1)11-7-14-19-13-6-2-5-12-18-20-15-8-16-21-18/h1,3-4,9-10,18-19H,5,7-8,11-16H2. The highest BCUT2D eigenvalue weighted by Gasteiger charge is 2.12. The van der Waals surface area contributed by atoms with Gasteiger partial charge in [0.25, 0.3) is 0 Å². The molecular formula is C18H25NS2. The van der Waals surface area contributed by atoms with Gasteiger partial charge in [-0.1, -0.05) is 36.3 Å². The van der Waals surface area contributed by atoms with Crippen LogP contribution in [0.5, 0.6) is 0 Å². The zero-order chi connectivity index (χ0) is 14.6. The first-order valence-electron chi connectivity index (χ1n) is 7.89. The molecule has 21 heavy (non-hydrogen) atoms. The lowest BCUT2D eigenvalue weighted by Crippen LogP contribution is -2.15. The third-order valence-electron chi connectivity index (χ3n) is 3.40. The molecule has 3 heteroatoms. The van der Waals surface area contributed by atoms with E-state index < -0.39 is 0 Å². The second-order valence-electron chi connectivity index (χ2n) is 5.18. The van der Waals surface area contributed by atoms with E-state index >= 15 is 0 Å². The Kier molecular flexibility index (Phi) is 8.86. The third kappa shape index (κ3) is 7.85. The minimum Gasteiger partial charge on any atom is -0.306 e. The number of benzene rings is 1. The Labute approximate surface area is 138 Å². The van der Waals surface area contributed by atoms with Crippen molar-refractivity contribution in [1.82, 2.24) is 5.32 Å². The molecule has 114 valence electrons. The lowest BCUT2D eigenvalue weighted by molar-refractivity contribution is 0.698. The van der Waals surface area contributed by atoms with Crippen LogP contribution in [0, 0.1) is 11.8 Å². The number of thioether (sulfide) groups is 2. The molecule has 0 bridgehead atoms. The van der Waals surface area contributed by atoms with Gasteiger partial charge in [-0.25, -0.2) is 0 Å². The van der Waals surface area contributed by atoms with Crippen LogP contribution in [-0.2, 0) is 6.42 Å². The Morgan fingerprint density at radius 2 is 1.90 bits per heavy atom. The first-order valence-corrected chi connectivity index (χ1v) is 9.98. The molecular weight excluding hydrogens is 294 g/mol. The van der Waals surface area contributed by atoms with Crippen molar-refractivity contribution in [2.75, 3.05) is 24.6 Å². The summed E-state index contributed by atoms with van der Waals surface area (Å²) in [4.78, 5) is 0. The van der Waals surface area contributed by atoms with Crippen molar-refractivity contribution in [1.29, 1.82) is 0 Å². The molecule has 2 rings (SSSR count). The van der Waals surface area contributed by atoms with Gasteiger partial charge in [0.05, 0.1) is 11.1 Å². The molecule has 1 N–H and O–H groups in total. The number of hydrogen-bond acceptors (Lipinski definition) is 3. The van der Waals surface area contributed by atoms with E-state index in [2.05, 4.69) is 71.0 Å². The predicted molar refractivity (Wildman–Crippen MR) is 98.0 cm³/mol. The molecule has 0 aliphatic carbocycles. The van der Waals surface area contributed by atoms with Gasteiger partial charge in [-0.05, 0) is 49.3 Å². The molecule has 1 aromatic rings. The minimum atomic E-state index is 0.798. The van der Waals surface area contributed by atoms with Crippen molar-refractivity contribution in [2.45, 2.75) is 36.7 Å². The molecule has 0 radical (unpaired) electrons. The van der Waals surface area contributed by atoms with Gasteiger partial charge in [0.15, 0.2) is 0 Å². The summed E-state index contributed by atoms with van der Waals surface area (Å²) in [5.74, 6) is 9.23. The van der Waals surface area contributed by atoms with E-state index in [1.807, 2.05) is 0 Å². The number of rotatable bonds is 7. The second-order valence-corrected chi connectivity index (χ2v) is 8.10.